The molecule has 5 saturated heterocycles. The lowest BCUT2D eigenvalue weighted by molar-refractivity contribution is -0.133. The van der Waals surface area contributed by atoms with Crippen LogP contribution >= 0.6 is 11.3 Å². The van der Waals surface area contributed by atoms with E-state index >= 15 is 4.39 Å². The fourth-order valence-corrected chi connectivity index (χ4v) is 13.7. The number of halogens is 2. The highest BCUT2D eigenvalue weighted by molar-refractivity contribution is 7.13. The second-order valence-electron chi connectivity index (χ2n) is 23.5. The number of ether oxygens (including phenoxy) is 1. The molecule has 4 aromatic heterocycles. The van der Waals surface area contributed by atoms with Gasteiger partial charge in [0.2, 0.25) is 12.3 Å². The fraction of sp³-hybridized carbons (Fsp3) is 0.492. The minimum absolute atomic E-state index is 0.0339. The summed E-state index contributed by atoms with van der Waals surface area (Å²) in [4.78, 5) is 51.8. The van der Waals surface area contributed by atoms with Gasteiger partial charge in [-0.25, -0.2) is 13.8 Å². The van der Waals surface area contributed by atoms with E-state index in [0.29, 0.717) is 78.9 Å². The molecule has 5 unspecified atom stereocenters. The number of nitrogens with one attached hydrogen (secondary N) is 2. The lowest BCUT2D eigenvalue weighted by Gasteiger charge is -2.36. The van der Waals surface area contributed by atoms with E-state index in [2.05, 4.69) is 72.1 Å². The Morgan fingerprint density at radius 3 is 2.32 bits per heavy atom. The number of benzene rings is 3. The van der Waals surface area contributed by atoms with Crippen molar-refractivity contribution in [2.75, 3.05) is 75.4 Å². The summed E-state index contributed by atoms with van der Waals surface area (Å²) in [6.07, 6.45) is 19.1. The van der Waals surface area contributed by atoms with E-state index < -0.39 is 11.6 Å². The highest BCUT2D eigenvalue weighted by atomic mass is 32.1. The van der Waals surface area contributed by atoms with Gasteiger partial charge in [-0.1, -0.05) is 61.7 Å². The number of piperazine rings is 1. The SMILES string of the molecule is C#Cc1c(F)ccc2cc(O)cc(-c3ncc4c(N5CC6CCC(C5)N6)nc(OCCN5CCC(CC6CCN(c7cc(C(C)C(=O)N8CCCC8C)on7)CC6)CC5)nc4c3F)c12.CCC.Cc1ncsc1-c1ccc(C(CO)NC=O)cc1. The number of carbonyl (C=O) groups is 2. The number of thiazole rings is 1. The van der Waals surface area contributed by atoms with E-state index in [0.717, 1.165) is 112 Å². The predicted octanol–water partition coefficient (Wildman–Crippen LogP) is 10.6. The van der Waals surface area contributed by atoms with Gasteiger partial charge in [0, 0.05) is 80.6 Å². The van der Waals surface area contributed by atoms with E-state index in [4.69, 9.17) is 20.7 Å². The number of aliphatic hydroxyl groups excluding tert-OH is 1. The molecule has 7 aromatic rings. The van der Waals surface area contributed by atoms with Gasteiger partial charge in [0.15, 0.2) is 17.4 Å². The number of piperidine rings is 2. The lowest BCUT2D eigenvalue weighted by Crippen LogP contribution is -2.51. The highest BCUT2D eigenvalue weighted by Gasteiger charge is 2.36. The number of aromatic hydroxyl groups is 1. The van der Waals surface area contributed by atoms with E-state index in [1.54, 1.807) is 17.5 Å². The molecule has 0 radical (unpaired) electrons. The van der Waals surface area contributed by atoms with Crippen LogP contribution in [0.4, 0.5) is 20.4 Å². The minimum atomic E-state index is -0.728. The van der Waals surface area contributed by atoms with Crippen molar-refractivity contribution in [3.63, 3.8) is 0 Å². The molecule has 5 aliphatic rings. The number of likely N-dealkylation sites (tertiary alicyclic amines) is 2. The number of amides is 2. The Hall–Kier alpha value is -7.31. The topological polar surface area (TPSA) is 198 Å². The Morgan fingerprint density at radius 2 is 1.67 bits per heavy atom. The first-order chi connectivity index (χ1) is 41.3. The average Bonchev–Trinajstić information content (AvgIpc) is 1.84. The van der Waals surface area contributed by atoms with Gasteiger partial charge in [-0.05, 0) is 138 Å². The number of aromatic nitrogens is 5. The Bertz CT molecular complexity index is 3460. The molecule has 2 bridgehead atoms. The van der Waals surface area contributed by atoms with Crippen LogP contribution in [0.1, 0.15) is 126 Å². The molecular weight excluding hydrogens is 1100 g/mol. The molecule has 0 spiro atoms. The van der Waals surface area contributed by atoms with Crippen LogP contribution in [0.5, 0.6) is 11.8 Å². The van der Waals surface area contributed by atoms with Gasteiger partial charge in [-0.2, -0.15) is 9.97 Å². The van der Waals surface area contributed by atoms with Crippen LogP contribution in [0.15, 0.2) is 70.8 Å². The summed E-state index contributed by atoms with van der Waals surface area (Å²) in [5.41, 5.74) is 4.89. The molecular formula is C65H79F2N11O6S. The van der Waals surface area contributed by atoms with Crippen molar-refractivity contribution < 1.29 is 37.8 Å². The number of anilines is 2. The molecule has 5 atom stereocenters. The van der Waals surface area contributed by atoms with Gasteiger partial charge in [-0.3, -0.25) is 19.5 Å². The number of hydrogen-bond acceptors (Lipinski definition) is 16. The third kappa shape index (κ3) is 13.9. The summed E-state index contributed by atoms with van der Waals surface area (Å²) in [6, 6.07) is 15.9. The molecule has 20 heteroatoms. The zero-order chi connectivity index (χ0) is 59.7. The fourth-order valence-electron chi connectivity index (χ4n) is 12.9. The smallest absolute Gasteiger partial charge is 0.319 e. The molecule has 4 N–H and O–H groups in total. The van der Waals surface area contributed by atoms with Gasteiger partial charge in [0.1, 0.15) is 35.2 Å². The summed E-state index contributed by atoms with van der Waals surface area (Å²) in [5, 5.41) is 31.6. The standard InChI is InChI=1S/C49H57F2N9O4.C13H14N2O2S.C3H8/c1-4-37-40(50)10-7-33-23-36(61)24-38(43(33)37)45-44(51)46-39(26-52-45)47(59-27-34-8-9-35(28-59)53-34)55-49(54-46)63-21-20-57-16-11-31(12-17-57)22-32-13-18-58(19-14-32)42-25-41(64-56-42)30(3)48(62)60-15-5-6-29(60)2;1-9-13(18-8-15-9)11-4-2-10(3-5-11)12(6-16)14-7-17;1-3-2/h1,7,10,23-26,29-32,34-35,53,61H,5-6,8-9,11-22,27-28H2,2-3H3;2-5,7-8,12,16H,6H2,1H3,(H,14,17);3H2,1-2H3. The number of terminal acetylenes is 1. The van der Waals surface area contributed by atoms with E-state index in [1.807, 2.05) is 54.6 Å². The van der Waals surface area contributed by atoms with Gasteiger partial charge in [-0.15, -0.1) is 17.8 Å². The zero-order valence-corrected chi connectivity index (χ0v) is 50.2. The third-order valence-corrected chi connectivity index (χ3v) is 18.5. The van der Waals surface area contributed by atoms with E-state index in [-0.39, 0.29) is 70.0 Å². The van der Waals surface area contributed by atoms with Crippen LogP contribution < -0.4 is 25.2 Å². The maximum Gasteiger partial charge on any atom is 0.319 e. The Morgan fingerprint density at radius 1 is 0.953 bits per heavy atom. The summed E-state index contributed by atoms with van der Waals surface area (Å²) in [7, 11) is 0. The molecule has 0 aliphatic carbocycles. The number of phenols is 1. The number of phenolic OH excluding ortho intramolecular Hbond substituents is 1. The first kappa shape index (κ1) is 60.8. The Balaban J connectivity index is 0.000000323. The number of carbonyl (C=O) groups excluding carboxylic acids is 2. The maximum absolute atomic E-state index is 17.0. The molecule has 17 nitrogen and oxygen atoms in total. The first-order valence-corrected chi connectivity index (χ1v) is 31.1. The van der Waals surface area contributed by atoms with Crippen LogP contribution in [-0.2, 0) is 9.59 Å². The number of pyridine rings is 1. The molecule has 9 heterocycles. The third-order valence-electron chi connectivity index (χ3n) is 17.5. The van der Waals surface area contributed by atoms with Crippen molar-refractivity contribution in [1.29, 1.82) is 0 Å². The van der Waals surface area contributed by atoms with Gasteiger partial charge < -0.3 is 44.8 Å². The second kappa shape index (κ2) is 27.8. The minimum Gasteiger partial charge on any atom is -0.508 e. The van der Waals surface area contributed by atoms with Crippen LogP contribution in [0.25, 0.3) is 43.4 Å². The Kier molecular flexibility index (Phi) is 19.9. The van der Waals surface area contributed by atoms with Crippen LogP contribution in [0.2, 0.25) is 0 Å². The van der Waals surface area contributed by atoms with Crippen molar-refractivity contribution in [2.45, 2.75) is 129 Å². The monoisotopic (exact) mass is 1180 g/mol. The normalized spacial score (nSPS) is 19.9. The van der Waals surface area contributed by atoms with Crippen molar-refractivity contribution in [1.82, 2.24) is 45.5 Å². The number of rotatable bonds is 16. The summed E-state index contributed by atoms with van der Waals surface area (Å²) < 4.78 is 43.9. The second-order valence-corrected chi connectivity index (χ2v) is 24.3. The number of aryl methyl sites for hydroxylation is 1. The quantitative estimate of drug-likeness (QED) is 0.0526. The molecule has 450 valence electrons. The van der Waals surface area contributed by atoms with Crippen LogP contribution in [-0.4, -0.2) is 141 Å². The van der Waals surface area contributed by atoms with Gasteiger partial charge in [0.25, 0.3) is 0 Å². The molecule has 0 saturated carbocycles. The van der Waals surface area contributed by atoms with Crippen LogP contribution in [0, 0.1) is 42.7 Å². The molecule has 3 aromatic carbocycles. The number of aliphatic hydroxyl groups is 1. The summed E-state index contributed by atoms with van der Waals surface area (Å²) >= 11 is 1.60. The molecule has 12 rings (SSSR count). The molecule has 85 heavy (non-hydrogen) atoms. The molecule has 5 fully saturated rings. The Labute approximate surface area is 500 Å². The maximum atomic E-state index is 17.0. The lowest BCUT2D eigenvalue weighted by atomic mass is 9.83. The summed E-state index contributed by atoms with van der Waals surface area (Å²) in [6.45, 7) is 17.3. The van der Waals surface area contributed by atoms with Gasteiger partial charge >= 0.3 is 6.01 Å². The number of fused-ring (bicyclic) bond motifs is 4. The summed E-state index contributed by atoms with van der Waals surface area (Å²) in [5.74, 6) is 4.13. The number of nitrogens with zero attached hydrogens (tertiary/aromatic N) is 9. The van der Waals surface area contributed by atoms with E-state index in [9.17, 15) is 24.2 Å². The van der Waals surface area contributed by atoms with Crippen LogP contribution in [0.3, 0.4) is 0 Å². The predicted molar refractivity (Wildman–Crippen MR) is 329 cm³/mol. The molecule has 5 aliphatic heterocycles. The number of hydrogen-bond donors (Lipinski definition) is 4. The first-order valence-electron chi connectivity index (χ1n) is 30.2. The average molecular weight is 1180 g/mol. The highest BCUT2D eigenvalue weighted by Crippen LogP contribution is 2.40. The molecule has 2 amide bonds. The largest absolute Gasteiger partial charge is 0.508 e. The van der Waals surface area contributed by atoms with Crippen molar-refractivity contribution in [3.8, 4) is 45.8 Å². The van der Waals surface area contributed by atoms with Crippen molar-refractivity contribution in [2.24, 2.45) is 11.8 Å². The van der Waals surface area contributed by atoms with Crippen molar-refractivity contribution >= 4 is 57.0 Å². The van der Waals surface area contributed by atoms with Gasteiger partial charge in [0.05, 0.1) is 45.6 Å². The van der Waals surface area contributed by atoms with E-state index in [1.165, 1.54) is 37.1 Å². The zero-order valence-electron chi connectivity index (χ0n) is 49.4. The van der Waals surface area contributed by atoms with Crippen molar-refractivity contribution in [3.05, 3.63) is 101 Å².